The molecule has 2 unspecified atom stereocenters. The van der Waals surface area contributed by atoms with E-state index in [0.29, 0.717) is 6.54 Å². The van der Waals surface area contributed by atoms with Gasteiger partial charge in [0.2, 0.25) is 0 Å². The highest BCUT2D eigenvalue weighted by atomic mass is 16.5. The molecule has 0 aliphatic rings. The summed E-state index contributed by atoms with van der Waals surface area (Å²) < 4.78 is 4.72. The van der Waals surface area contributed by atoms with Gasteiger partial charge in [-0.05, 0) is 6.92 Å². The van der Waals surface area contributed by atoms with Crippen molar-refractivity contribution in [3.05, 3.63) is 0 Å². The monoisotopic (exact) mass is 191 g/mol. The minimum Gasteiger partial charge on any atom is -0.409 e. The predicted molar refractivity (Wildman–Crippen MR) is 48.8 cm³/mol. The van der Waals surface area contributed by atoms with Gasteiger partial charge in [-0.15, -0.1) is 0 Å². The molecule has 6 heteroatoms. The Kier molecular flexibility index (Phi) is 6.21. The second kappa shape index (κ2) is 6.64. The van der Waals surface area contributed by atoms with Crippen molar-refractivity contribution in [3.63, 3.8) is 0 Å². The molecule has 0 saturated heterocycles. The van der Waals surface area contributed by atoms with Crippen molar-refractivity contribution in [2.75, 3.05) is 20.3 Å². The van der Waals surface area contributed by atoms with Crippen molar-refractivity contribution in [2.24, 2.45) is 10.9 Å². The highest BCUT2D eigenvalue weighted by Crippen LogP contribution is 1.85. The number of hydrogen-bond acceptors (Lipinski definition) is 5. The Morgan fingerprint density at radius 1 is 1.69 bits per heavy atom. The molecule has 0 fully saturated rings. The average molecular weight is 191 g/mol. The first-order valence-electron chi connectivity index (χ1n) is 3.99. The van der Waals surface area contributed by atoms with Gasteiger partial charge in [0.1, 0.15) is 0 Å². The summed E-state index contributed by atoms with van der Waals surface area (Å²) in [7, 11) is 1.51. The summed E-state index contributed by atoms with van der Waals surface area (Å²) in [4.78, 5) is 0. The summed E-state index contributed by atoms with van der Waals surface area (Å²) in [6.07, 6.45) is -0.584. The normalized spacial score (nSPS) is 17.0. The molecule has 0 aromatic heterocycles. The maximum Gasteiger partial charge on any atom is 0.156 e. The van der Waals surface area contributed by atoms with Crippen LogP contribution in [0.15, 0.2) is 5.16 Å². The van der Waals surface area contributed by atoms with Crippen molar-refractivity contribution in [3.8, 4) is 0 Å². The van der Waals surface area contributed by atoms with E-state index < -0.39 is 6.10 Å². The number of ether oxygens (including phenoxy) is 1. The fourth-order valence-corrected chi connectivity index (χ4v) is 0.755. The van der Waals surface area contributed by atoms with Crippen LogP contribution in [0.1, 0.15) is 6.92 Å². The van der Waals surface area contributed by atoms with Gasteiger partial charge in [0.25, 0.3) is 0 Å². The van der Waals surface area contributed by atoms with Crippen LogP contribution in [-0.4, -0.2) is 48.6 Å². The lowest BCUT2D eigenvalue weighted by Crippen LogP contribution is -2.43. The standard InChI is InChI=1S/C7H17N3O3/c1-5(7(8)10-12)9-3-6(11)4-13-2/h5-6,9,11-12H,3-4H2,1-2H3,(H2,8,10). The van der Waals surface area contributed by atoms with Crippen LogP contribution in [0.4, 0.5) is 0 Å². The van der Waals surface area contributed by atoms with Gasteiger partial charge < -0.3 is 26.1 Å². The Morgan fingerprint density at radius 3 is 2.77 bits per heavy atom. The number of amidine groups is 1. The zero-order chi connectivity index (χ0) is 10.3. The first kappa shape index (κ1) is 12.2. The second-order valence-electron chi connectivity index (χ2n) is 2.76. The van der Waals surface area contributed by atoms with Gasteiger partial charge in [-0.3, -0.25) is 0 Å². The molecule has 0 spiro atoms. The number of methoxy groups -OCH3 is 1. The van der Waals surface area contributed by atoms with Gasteiger partial charge in [0.15, 0.2) is 5.84 Å². The maximum absolute atomic E-state index is 9.22. The van der Waals surface area contributed by atoms with Crippen LogP contribution in [0.5, 0.6) is 0 Å². The van der Waals surface area contributed by atoms with Crippen LogP contribution in [0.2, 0.25) is 0 Å². The molecule has 0 heterocycles. The van der Waals surface area contributed by atoms with E-state index in [1.54, 1.807) is 6.92 Å². The molecule has 0 radical (unpaired) electrons. The largest absolute Gasteiger partial charge is 0.409 e. The molecule has 5 N–H and O–H groups in total. The van der Waals surface area contributed by atoms with E-state index in [-0.39, 0.29) is 18.5 Å². The van der Waals surface area contributed by atoms with Crippen molar-refractivity contribution in [1.29, 1.82) is 0 Å². The summed E-state index contributed by atoms with van der Waals surface area (Å²) in [6, 6.07) is -0.267. The highest BCUT2D eigenvalue weighted by Gasteiger charge is 2.09. The molecule has 0 aliphatic carbocycles. The third-order valence-corrected chi connectivity index (χ3v) is 1.58. The Bertz CT molecular complexity index is 163. The molecular weight excluding hydrogens is 174 g/mol. The summed E-state index contributed by atoms with van der Waals surface area (Å²) >= 11 is 0. The van der Waals surface area contributed by atoms with Crippen LogP contribution in [0.3, 0.4) is 0 Å². The molecule has 0 aromatic rings. The first-order chi connectivity index (χ1) is 6.11. The van der Waals surface area contributed by atoms with E-state index in [9.17, 15) is 5.11 Å². The van der Waals surface area contributed by atoms with Crippen molar-refractivity contribution in [1.82, 2.24) is 5.32 Å². The van der Waals surface area contributed by atoms with E-state index in [0.717, 1.165) is 0 Å². The number of aliphatic hydroxyl groups is 1. The number of oxime groups is 1. The quantitative estimate of drug-likeness (QED) is 0.181. The lowest BCUT2D eigenvalue weighted by atomic mass is 10.3. The molecular formula is C7H17N3O3. The van der Waals surface area contributed by atoms with Crippen LogP contribution in [0.25, 0.3) is 0 Å². The van der Waals surface area contributed by atoms with Crippen LogP contribution < -0.4 is 11.1 Å². The van der Waals surface area contributed by atoms with Gasteiger partial charge in [-0.1, -0.05) is 5.16 Å². The number of nitrogens with zero attached hydrogens (tertiary/aromatic N) is 1. The fourth-order valence-electron chi connectivity index (χ4n) is 0.755. The van der Waals surface area contributed by atoms with E-state index in [4.69, 9.17) is 15.7 Å². The number of nitrogens with two attached hydrogens (primary N) is 1. The van der Waals surface area contributed by atoms with Gasteiger partial charge in [0, 0.05) is 13.7 Å². The average Bonchev–Trinajstić information content (AvgIpc) is 2.13. The number of hydrogen-bond donors (Lipinski definition) is 4. The molecule has 0 saturated carbocycles. The molecule has 13 heavy (non-hydrogen) atoms. The molecule has 0 aromatic carbocycles. The third-order valence-electron chi connectivity index (χ3n) is 1.58. The summed E-state index contributed by atoms with van der Waals surface area (Å²) in [6.45, 7) is 2.33. The first-order valence-corrected chi connectivity index (χ1v) is 3.99. The van der Waals surface area contributed by atoms with Crippen LogP contribution in [-0.2, 0) is 4.74 Å². The molecule has 78 valence electrons. The Balaban J connectivity index is 3.63. The van der Waals surface area contributed by atoms with E-state index in [2.05, 4.69) is 10.5 Å². The Hall–Kier alpha value is -0.850. The summed E-state index contributed by atoms with van der Waals surface area (Å²) in [5.74, 6) is 0.0876. The van der Waals surface area contributed by atoms with Crippen molar-refractivity contribution in [2.45, 2.75) is 19.1 Å². The van der Waals surface area contributed by atoms with Crippen LogP contribution >= 0.6 is 0 Å². The van der Waals surface area contributed by atoms with Gasteiger partial charge >= 0.3 is 0 Å². The van der Waals surface area contributed by atoms with Crippen LogP contribution in [0, 0.1) is 0 Å². The zero-order valence-electron chi connectivity index (χ0n) is 7.90. The molecule has 0 aliphatic heterocycles. The summed E-state index contributed by atoms with van der Waals surface area (Å²) in [5.41, 5.74) is 5.30. The second-order valence-corrected chi connectivity index (χ2v) is 2.76. The van der Waals surface area contributed by atoms with Gasteiger partial charge in [-0.25, -0.2) is 0 Å². The maximum atomic E-state index is 9.22. The van der Waals surface area contributed by atoms with Gasteiger partial charge in [0.05, 0.1) is 18.8 Å². The van der Waals surface area contributed by atoms with Crippen molar-refractivity contribution >= 4 is 5.84 Å². The van der Waals surface area contributed by atoms with Gasteiger partial charge in [-0.2, -0.15) is 0 Å². The lowest BCUT2D eigenvalue weighted by Gasteiger charge is -2.15. The highest BCUT2D eigenvalue weighted by molar-refractivity contribution is 5.84. The van der Waals surface area contributed by atoms with Crippen molar-refractivity contribution < 1.29 is 15.1 Å². The molecule has 0 rings (SSSR count). The molecule has 0 bridgehead atoms. The topological polar surface area (TPSA) is 100 Å². The zero-order valence-corrected chi connectivity index (χ0v) is 7.90. The minimum atomic E-state index is -0.584. The van der Waals surface area contributed by atoms with E-state index in [1.165, 1.54) is 7.11 Å². The molecule has 2 atom stereocenters. The minimum absolute atomic E-state index is 0.0876. The number of aliphatic hydroxyl groups excluding tert-OH is 1. The predicted octanol–water partition coefficient (Wildman–Crippen LogP) is -1.28. The fraction of sp³-hybridized carbons (Fsp3) is 0.857. The van der Waals surface area contributed by atoms with E-state index >= 15 is 0 Å². The Labute approximate surface area is 77.4 Å². The lowest BCUT2D eigenvalue weighted by molar-refractivity contribution is 0.0641. The summed E-state index contributed by atoms with van der Waals surface area (Å²) in [5, 5.41) is 23.2. The Morgan fingerprint density at radius 2 is 2.31 bits per heavy atom. The smallest absolute Gasteiger partial charge is 0.156 e. The van der Waals surface area contributed by atoms with E-state index in [1.807, 2.05) is 0 Å². The molecule has 0 amide bonds. The SMILES string of the molecule is COCC(O)CNC(C)C(N)=NO. The number of rotatable bonds is 6. The third kappa shape index (κ3) is 5.40. The molecule has 6 nitrogen and oxygen atoms in total. The number of nitrogens with one attached hydrogen (secondary N) is 1.